The Morgan fingerprint density at radius 1 is 0.488 bits per heavy atom. The lowest BCUT2D eigenvalue weighted by Crippen LogP contribution is -2.19. The number of carbonyl (C=O) groups is 2. The fraction of sp³-hybridized carbons (Fsp3) is 0.133. The summed E-state index contributed by atoms with van der Waals surface area (Å²) in [6.07, 6.45) is 0. The molecule has 0 atom stereocenters. The third-order valence-corrected chi connectivity index (χ3v) is 7.67. The Morgan fingerprint density at radius 2 is 0.814 bits per heavy atom. The van der Waals surface area contributed by atoms with E-state index in [1.165, 1.54) is 12.1 Å². The van der Waals surface area contributed by atoms with Crippen LogP contribution in [0.25, 0.3) is 0 Å². The van der Waals surface area contributed by atoms with Gasteiger partial charge in [-0.1, -0.05) is 153 Å². The zero-order chi connectivity index (χ0) is 31.6. The average molecular weight is 761 g/mol. The van der Waals surface area contributed by atoms with Gasteiger partial charge in [0.25, 0.3) is 7.59 Å². The molecule has 0 saturated carbocycles. The normalized spacial score (nSPS) is 12.2. The molecule has 0 unspecified atom stereocenters. The molecular weight excluding hydrogens is 743 g/mol. The van der Waals surface area contributed by atoms with E-state index in [0.717, 1.165) is 0 Å². The number of alkyl halides is 9. The van der Waals surface area contributed by atoms with Crippen LogP contribution in [0.5, 0.6) is 23.0 Å². The van der Waals surface area contributed by atoms with Crippen LogP contribution in [0, 0.1) is 0 Å². The highest BCUT2D eigenvalue weighted by Crippen LogP contribution is 2.47. The van der Waals surface area contributed by atoms with E-state index in [4.69, 9.17) is 114 Å². The maximum absolute atomic E-state index is 12.5. The molecule has 0 heterocycles. The maximum atomic E-state index is 12.5. The van der Waals surface area contributed by atoms with Crippen LogP contribution in [-0.4, -0.2) is 22.9 Å². The minimum absolute atomic E-state index is 0.104. The molecule has 0 aliphatic carbocycles. The molecule has 4 aromatic rings. The van der Waals surface area contributed by atoms with Crippen molar-refractivity contribution in [2.24, 2.45) is 0 Å². The topological polar surface area (TPSA) is 52.6 Å². The van der Waals surface area contributed by atoms with Crippen molar-refractivity contribution in [3.63, 3.8) is 0 Å². The highest BCUT2D eigenvalue weighted by Gasteiger charge is 2.36. The van der Waals surface area contributed by atoms with Gasteiger partial charge in [0, 0.05) is 0 Å². The molecule has 0 spiro atoms. The third-order valence-electron chi connectivity index (χ3n) is 5.99. The minimum Gasteiger partial charge on any atom is -0.457 e. The molecule has 0 saturated heterocycles. The molecule has 0 aliphatic rings. The Hall–Kier alpha value is -1.57. The molecule has 0 aliphatic heterocycles. The Balaban J connectivity index is 1.57. The fourth-order valence-electron chi connectivity index (χ4n) is 4.07. The first-order chi connectivity index (χ1) is 20.1. The highest BCUT2D eigenvalue weighted by molar-refractivity contribution is 6.78. The molecule has 0 N–H and O–H groups in total. The van der Waals surface area contributed by atoms with Gasteiger partial charge in [0.15, 0.2) is 0 Å². The fourth-order valence-corrected chi connectivity index (χ4v) is 5.44. The van der Waals surface area contributed by atoms with Crippen molar-refractivity contribution in [1.29, 1.82) is 0 Å². The van der Waals surface area contributed by atoms with E-state index in [1.54, 1.807) is 84.9 Å². The van der Waals surface area contributed by atoms with Gasteiger partial charge >= 0.3 is 0 Å². The Labute approximate surface area is 292 Å². The predicted octanol–water partition coefficient (Wildman–Crippen LogP) is 11.9. The molecule has 4 nitrogen and oxygen atoms in total. The summed E-state index contributed by atoms with van der Waals surface area (Å²) >= 11 is 54.0. The molecule has 0 aromatic heterocycles. The second-order valence-corrected chi connectivity index (χ2v) is 15.9. The smallest absolute Gasteiger partial charge is 0.253 e. The van der Waals surface area contributed by atoms with Crippen molar-refractivity contribution in [2.75, 3.05) is 0 Å². The second kappa shape index (κ2) is 13.8. The van der Waals surface area contributed by atoms with Gasteiger partial charge in [-0.2, -0.15) is 0 Å². The molecular formula is C30H17Cl9O4. The molecule has 13 heteroatoms. The minimum atomic E-state index is -2.15. The van der Waals surface area contributed by atoms with Crippen LogP contribution in [0.2, 0.25) is 0 Å². The van der Waals surface area contributed by atoms with E-state index in [1.807, 2.05) is 0 Å². The number of hydrogen-bond acceptors (Lipinski definition) is 4. The van der Waals surface area contributed by atoms with E-state index in [-0.39, 0.29) is 22.6 Å². The standard InChI is InChI=1S/C30H17Cl9O4/c31-28(32,33)25(17-9-13-19(14-10-17)42-23-7-3-1-5-21(23)26(40)29(34,35)36)18-11-15-20(16-12-18)43-24-8-4-2-6-22(24)27(41)30(37,38)39/h1-16,25H. The highest BCUT2D eigenvalue weighted by atomic mass is 35.6. The van der Waals surface area contributed by atoms with Crippen LogP contribution in [0.15, 0.2) is 97.1 Å². The van der Waals surface area contributed by atoms with Crippen molar-refractivity contribution in [2.45, 2.75) is 17.3 Å². The van der Waals surface area contributed by atoms with Crippen molar-refractivity contribution in [1.82, 2.24) is 0 Å². The average Bonchev–Trinajstić information content (AvgIpc) is 2.93. The first kappa shape index (κ1) is 34.3. The summed E-state index contributed by atoms with van der Waals surface area (Å²) < 4.78 is 5.79. The maximum Gasteiger partial charge on any atom is 0.253 e. The summed E-state index contributed by atoms with van der Waals surface area (Å²) in [6.45, 7) is 0. The number of carbonyl (C=O) groups excluding carboxylic acids is 2. The lowest BCUT2D eigenvalue weighted by Gasteiger charge is -2.26. The van der Waals surface area contributed by atoms with Crippen LogP contribution in [-0.2, 0) is 0 Å². The molecule has 0 radical (unpaired) electrons. The largest absolute Gasteiger partial charge is 0.457 e. The lowest BCUT2D eigenvalue weighted by atomic mass is 9.92. The number of benzene rings is 4. The van der Waals surface area contributed by atoms with Crippen LogP contribution in [0.1, 0.15) is 37.8 Å². The number of ether oxygens (including phenoxy) is 2. The van der Waals surface area contributed by atoms with Crippen LogP contribution >= 0.6 is 104 Å². The van der Waals surface area contributed by atoms with Crippen LogP contribution < -0.4 is 9.47 Å². The summed E-state index contributed by atoms with van der Waals surface area (Å²) in [7, 11) is 0. The third kappa shape index (κ3) is 8.79. The first-order valence-corrected chi connectivity index (χ1v) is 15.5. The summed E-state index contributed by atoms with van der Waals surface area (Å²) in [5, 5.41) is 0. The van der Waals surface area contributed by atoms with Gasteiger partial charge in [0.1, 0.15) is 23.0 Å². The zero-order valence-corrected chi connectivity index (χ0v) is 28.2. The predicted molar refractivity (Wildman–Crippen MR) is 177 cm³/mol. The van der Waals surface area contributed by atoms with Gasteiger partial charge in [-0.25, -0.2) is 0 Å². The van der Waals surface area contributed by atoms with Crippen molar-refractivity contribution < 1.29 is 19.1 Å². The van der Waals surface area contributed by atoms with Gasteiger partial charge in [-0.05, 0) is 59.7 Å². The Morgan fingerprint density at radius 3 is 1.12 bits per heavy atom. The van der Waals surface area contributed by atoms with Crippen LogP contribution in [0.3, 0.4) is 0 Å². The molecule has 0 bridgehead atoms. The van der Waals surface area contributed by atoms with Crippen molar-refractivity contribution >= 4 is 116 Å². The quantitative estimate of drug-likeness (QED) is 0.133. The van der Waals surface area contributed by atoms with Gasteiger partial charge in [-0.15, -0.1) is 0 Å². The Bertz CT molecular complexity index is 1490. The van der Waals surface area contributed by atoms with E-state index in [0.29, 0.717) is 22.6 Å². The summed E-state index contributed by atoms with van der Waals surface area (Å²) in [6, 6.07) is 26.3. The van der Waals surface area contributed by atoms with Gasteiger partial charge < -0.3 is 9.47 Å². The van der Waals surface area contributed by atoms with Gasteiger partial charge in [-0.3, -0.25) is 9.59 Å². The van der Waals surface area contributed by atoms with Crippen LogP contribution in [0.4, 0.5) is 0 Å². The number of rotatable bonds is 8. The molecule has 4 aromatic carbocycles. The van der Waals surface area contributed by atoms with E-state index in [9.17, 15) is 9.59 Å². The Kier molecular flexibility index (Phi) is 11.0. The van der Waals surface area contributed by atoms with Crippen molar-refractivity contribution in [3.05, 3.63) is 119 Å². The molecule has 43 heavy (non-hydrogen) atoms. The summed E-state index contributed by atoms with van der Waals surface area (Å²) in [4.78, 5) is 25.1. The van der Waals surface area contributed by atoms with E-state index in [2.05, 4.69) is 0 Å². The molecule has 4 rings (SSSR count). The van der Waals surface area contributed by atoms with E-state index >= 15 is 0 Å². The number of para-hydroxylation sites is 2. The van der Waals surface area contributed by atoms with Gasteiger partial charge in [0.2, 0.25) is 15.4 Å². The number of ketones is 2. The van der Waals surface area contributed by atoms with Gasteiger partial charge in [0.05, 0.1) is 17.0 Å². The molecule has 0 amide bonds. The second-order valence-electron chi connectivity index (χ2n) is 8.96. The lowest BCUT2D eigenvalue weighted by molar-refractivity contribution is 0.0986. The molecule has 224 valence electrons. The summed E-state index contributed by atoms with van der Waals surface area (Å²) in [5.41, 5.74) is 1.52. The molecule has 0 fully saturated rings. The zero-order valence-electron chi connectivity index (χ0n) is 21.3. The SMILES string of the molecule is O=C(c1ccccc1Oc1ccc(C(c2ccc(Oc3ccccc3C(=O)C(Cl)(Cl)Cl)cc2)C(Cl)(Cl)Cl)cc1)C(Cl)(Cl)Cl. The van der Waals surface area contributed by atoms with E-state index < -0.39 is 28.9 Å². The first-order valence-electron chi connectivity index (χ1n) is 12.1. The summed E-state index contributed by atoms with van der Waals surface area (Å²) in [5.74, 6) is -0.958. The number of hydrogen-bond donors (Lipinski definition) is 0. The number of Topliss-reactive ketones (excluding diaryl/α,β-unsaturated/α-hetero) is 2. The monoisotopic (exact) mass is 756 g/mol. The van der Waals surface area contributed by atoms with Crippen molar-refractivity contribution in [3.8, 4) is 23.0 Å². The number of halogens is 9.